The number of rotatable bonds is 7. The largest absolute Gasteiger partial charge is 0.341 e. The van der Waals surface area contributed by atoms with E-state index in [1.165, 1.54) is 19.3 Å². The fourth-order valence-corrected chi connectivity index (χ4v) is 3.61. The third-order valence-corrected chi connectivity index (χ3v) is 4.90. The standard InChI is InChI=1S/C20H31N7O/c1-5-27-18(12-21-24-27)19(28)26(13-15(2)3)14-17-11-16(4)22-20(23-17)25-9-7-6-8-10-25/h11-12,15H,5-10,13-14H2,1-4H3. The van der Waals surface area contributed by atoms with E-state index >= 15 is 0 Å². The van der Waals surface area contributed by atoms with Gasteiger partial charge in [0.05, 0.1) is 18.4 Å². The van der Waals surface area contributed by atoms with Gasteiger partial charge in [-0.2, -0.15) is 0 Å². The number of hydrogen-bond donors (Lipinski definition) is 0. The number of piperidine rings is 1. The minimum Gasteiger partial charge on any atom is -0.341 e. The second-order valence-corrected chi connectivity index (χ2v) is 7.86. The molecule has 2 aromatic heterocycles. The molecular formula is C20H31N7O. The summed E-state index contributed by atoms with van der Waals surface area (Å²) in [5.74, 6) is 1.07. The molecule has 0 unspecified atom stereocenters. The summed E-state index contributed by atoms with van der Waals surface area (Å²) in [5, 5.41) is 7.91. The van der Waals surface area contributed by atoms with E-state index < -0.39 is 0 Å². The minimum atomic E-state index is -0.0589. The summed E-state index contributed by atoms with van der Waals surface area (Å²) < 4.78 is 1.64. The Kier molecular flexibility index (Phi) is 6.59. The van der Waals surface area contributed by atoms with Crippen molar-refractivity contribution in [1.29, 1.82) is 0 Å². The molecule has 1 aliphatic heterocycles. The first-order chi connectivity index (χ1) is 13.5. The number of carbonyl (C=O) groups is 1. The van der Waals surface area contributed by atoms with Crippen molar-refractivity contribution in [3.63, 3.8) is 0 Å². The van der Waals surface area contributed by atoms with E-state index in [-0.39, 0.29) is 5.91 Å². The lowest BCUT2D eigenvalue weighted by molar-refractivity contribution is 0.0707. The van der Waals surface area contributed by atoms with Crippen LogP contribution in [0.3, 0.4) is 0 Å². The molecule has 1 saturated heterocycles. The number of carbonyl (C=O) groups excluding carboxylic acids is 1. The van der Waals surface area contributed by atoms with Crippen molar-refractivity contribution in [3.8, 4) is 0 Å². The van der Waals surface area contributed by atoms with Crippen LogP contribution in [0.5, 0.6) is 0 Å². The average molecular weight is 386 g/mol. The van der Waals surface area contributed by atoms with Crippen molar-refractivity contribution >= 4 is 11.9 Å². The average Bonchev–Trinajstić information content (AvgIpc) is 3.15. The van der Waals surface area contributed by atoms with E-state index in [1.54, 1.807) is 10.9 Å². The molecule has 0 N–H and O–H groups in total. The third-order valence-electron chi connectivity index (χ3n) is 4.90. The fourth-order valence-electron chi connectivity index (χ4n) is 3.61. The summed E-state index contributed by atoms with van der Waals surface area (Å²) in [6.45, 7) is 11.9. The first-order valence-electron chi connectivity index (χ1n) is 10.2. The highest BCUT2D eigenvalue weighted by molar-refractivity contribution is 5.92. The Bertz CT molecular complexity index is 796. The SMILES string of the molecule is CCn1nncc1C(=O)N(Cc1cc(C)nc(N2CCCCC2)n1)CC(C)C. The van der Waals surface area contributed by atoms with E-state index in [1.807, 2.05) is 24.8 Å². The quantitative estimate of drug-likeness (QED) is 0.729. The van der Waals surface area contributed by atoms with Crippen molar-refractivity contribution < 1.29 is 4.79 Å². The van der Waals surface area contributed by atoms with Crippen LogP contribution in [0.15, 0.2) is 12.3 Å². The second kappa shape index (κ2) is 9.12. The normalized spacial score (nSPS) is 14.5. The molecule has 1 fully saturated rings. The van der Waals surface area contributed by atoms with Gasteiger partial charge in [-0.05, 0) is 45.1 Å². The van der Waals surface area contributed by atoms with Gasteiger partial charge >= 0.3 is 0 Å². The summed E-state index contributed by atoms with van der Waals surface area (Å²) in [7, 11) is 0. The number of anilines is 1. The maximum Gasteiger partial charge on any atom is 0.274 e. The molecule has 3 rings (SSSR count). The third kappa shape index (κ3) is 4.85. The number of amides is 1. The molecular weight excluding hydrogens is 354 g/mol. The second-order valence-electron chi connectivity index (χ2n) is 7.86. The fraction of sp³-hybridized carbons (Fsp3) is 0.650. The van der Waals surface area contributed by atoms with Gasteiger partial charge in [0, 0.05) is 31.9 Å². The molecule has 0 radical (unpaired) electrons. The smallest absolute Gasteiger partial charge is 0.274 e. The maximum absolute atomic E-state index is 13.2. The lowest BCUT2D eigenvalue weighted by Crippen LogP contribution is -2.36. The van der Waals surface area contributed by atoms with Crippen molar-refractivity contribution in [2.24, 2.45) is 5.92 Å². The van der Waals surface area contributed by atoms with Crippen LogP contribution >= 0.6 is 0 Å². The molecule has 152 valence electrons. The molecule has 28 heavy (non-hydrogen) atoms. The molecule has 0 bridgehead atoms. The zero-order chi connectivity index (χ0) is 20.1. The van der Waals surface area contributed by atoms with Gasteiger partial charge in [-0.1, -0.05) is 19.1 Å². The molecule has 1 amide bonds. The van der Waals surface area contributed by atoms with Crippen LogP contribution in [0.2, 0.25) is 0 Å². The van der Waals surface area contributed by atoms with Gasteiger partial charge in [0.2, 0.25) is 5.95 Å². The van der Waals surface area contributed by atoms with Crippen LogP contribution < -0.4 is 4.90 Å². The molecule has 0 spiro atoms. The van der Waals surface area contributed by atoms with E-state index in [2.05, 4.69) is 34.0 Å². The number of aromatic nitrogens is 5. The Hall–Kier alpha value is -2.51. The number of nitrogens with zero attached hydrogens (tertiary/aromatic N) is 7. The van der Waals surface area contributed by atoms with Crippen LogP contribution in [0, 0.1) is 12.8 Å². The minimum absolute atomic E-state index is 0.0589. The summed E-state index contributed by atoms with van der Waals surface area (Å²) in [6, 6.07) is 1.98. The molecule has 8 heteroatoms. The van der Waals surface area contributed by atoms with Crippen molar-refractivity contribution in [2.45, 2.75) is 60.0 Å². The van der Waals surface area contributed by atoms with Gasteiger partial charge in [0.1, 0.15) is 5.69 Å². The molecule has 8 nitrogen and oxygen atoms in total. The Morgan fingerprint density at radius 1 is 1.21 bits per heavy atom. The van der Waals surface area contributed by atoms with Crippen LogP contribution in [0.4, 0.5) is 5.95 Å². The molecule has 0 aliphatic carbocycles. The highest BCUT2D eigenvalue weighted by atomic mass is 16.2. The summed E-state index contributed by atoms with van der Waals surface area (Å²) in [5.41, 5.74) is 2.32. The monoisotopic (exact) mass is 385 g/mol. The van der Waals surface area contributed by atoms with E-state index in [0.29, 0.717) is 31.2 Å². The van der Waals surface area contributed by atoms with Crippen molar-refractivity contribution in [2.75, 3.05) is 24.5 Å². The molecule has 0 saturated carbocycles. The highest BCUT2D eigenvalue weighted by Crippen LogP contribution is 2.18. The van der Waals surface area contributed by atoms with Gasteiger partial charge in [-0.25, -0.2) is 14.6 Å². The Morgan fingerprint density at radius 3 is 2.64 bits per heavy atom. The van der Waals surface area contributed by atoms with E-state index in [0.717, 1.165) is 30.4 Å². The van der Waals surface area contributed by atoms with Crippen LogP contribution in [-0.4, -0.2) is 55.4 Å². The summed E-state index contributed by atoms with van der Waals surface area (Å²) in [4.78, 5) is 26.7. The van der Waals surface area contributed by atoms with E-state index in [9.17, 15) is 4.79 Å². The Morgan fingerprint density at radius 2 is 1.96 bits per heavy atom. The summed E-state index contributed by atoms with van der Waals surface area (Å²) in [6.07, 6.45) is 5.17. The van der Waals surface area contributed by atoms with Gasteiger partial charge in [-0.15, -0.1) is 5.10 Å². The number of aryl methyl sites for hydroxylation is 2. The van der Waals surface area contributed by atoms with Crippen molar-refractivity contribution in [3.05, 3.63) is 29.3 Å². The van der Waals surface area contributed by atoms with Gasteiger partial charge in [0.25, 0.3) is 5.91 Å². The predicted molar refractivity (Wildman–Crippen MR) is 108 cm³/mol. The lowest BCUT2D eigenvalue weighted by atomic mass is 10.1. The van der Waals surface area contributed by atoms with Crippen molar-refractivity contribution in [1.82, 2.24) is 29.9 Å². The van der Waals surface area contributed by atoms with Crippen LogP contribution in [-0.2, 0) is 13.1 Å². The molecule has 3 heterocycles. The molecule has 2 aromatic rings. The molecule has 0 atom stereocenters. The molecule has 1 aliphatic rings. The van der Waals surface area contributed by atoms with Gasteiger partial charge in [-0.3, -0.25) is 4.79 Å². The topological polar surface area (TPSA) is 80.0 Å². The first kappa shape index (κ1) is 20.2. The Balaban J connectivity index is 1.84. The lowest BCUT2D eigenvalue weighted by Gasteiger charge is -2.28. The van der Waals surface area contributed by atoms with Gasteiger partial charge < -0.3 is 9.80 Å². The zero-order valence-electron chi connectivity index (χ0n) is 17.4. The van der Waals surface area contributed by atoms with E-state index in [4.69, 9.17) is 4.98 Å². The van der Waals surface area contributed by atoms with Crippen LogP contribution in [0.25, 0.3) is 0 Å². The summed E-state index contributed by atoms with van der Waals surface area (Å²) >= 11 is 0. The zero-order valence-corrected chi connectivity index (χ0v) is 17.4. The highest BCUT2D eigenvalue weighted by Gasteiger charge is 2.23. The Labute approximate surface area is 167 Å². The predicted octanol–water partition coefficient (Wildman–Crippen LogP) is 2.69. The van der Waals surface area contributed by atoms with Crippen LogP contribution in [0.1, 0.15) is 61.9 Å². The van der Waals surface area contributed by atoms with Gasteiger partial charge in [0.15, 0.2) is 0 Å². The first-order valence-corrected chi connectivity index (χ1v) is 10.2. The number of hydrogen-bond acceptors (Lipinski definition) is 6. The maximum atomic E-state index is 13.2. The molecule has 0 aromatic carbocycles.